The van der Waals surface area contributed by atoms with Gasteiger partial charge in [-0.3, -0.25) is 0 Å². The lowest BCUT2D eigenvalue weighted by Gasteiger charge is -2.30. The Hall–Kier alpha value is -1.17. The van der Waals surface area contributed by atoms with E-state index in [1.807, 2.05) is 25.1 Å². The maximum Gasteiger partial charge on any atom is 0.345 e. The van der Waals surface area contributed by atoms with Crippen molar-refractivity contribution in [3.63, 3.8) is 0 Å². The second-order valence-electron chi connectivity index (χ2n) is 4.52. The Kier molecular flexibility index (Phi) is 3.67. The van der Waals surface area contributed by atoms with Crippen molar-refractivity contribution in [2.45, 2.75) is 11.8 Å². The monoisotopic (exact) mass is 325 g/mol. The summed E-state index contributed by atoms with van der Waals surface area (Å²) in [7, 11) is 0. The van der Waals surface area contributed by atoms with Gasteiger partial charge in [-0.15, -0.1) is 23.1 Å². The number of carboxylic acid groups (broad SMARTS) is 1. The Balaban J connectivity index is 2.08. The fourth-order valence-corrected chi connectivity index (χ4v) is 4.44. The summed E-state index contributed by atoms with van der Waals surface area (Å²) in [6.07, 6.45) is 0. The molecule has 0 atom stereocenters. The number of hydrogen-bond acceptors (Lipinski definition) is 4. The van der Waals surface area contributed by atoms with Crippen molar-refractivity contribution in [2.24, 2.45) is 0 Å². The Labute approximate surface area is 130 Å². The van der Waals surface area contributed by atoms with Crippen LogP contribution in [-0.4, -0.2) is 23.4 Å². The minimum absolute atomic E-state index is 0.374. The number of fused-ring (bicyclic) bond motifs is 1. The number of anilines is 2. The van der Waals surface area contributed by atoms with E-state index in [9.17, 15) is 4.79 Å². The van der Waals surface area contributed by atoms with Crippen LogP contribution in [-0.2, 0) is 0 Å². The van der Waals surface area contributed by atoms with Gasteiger partial charge in [0.1, 0.15) is 4.88 Å². The topological polar surface area (TPSA) is 40.5 Å². The van der Waals surface area contributed by atoms with E-state index in [1.165, 1.54) is 16.2 Å². The Morgan fingerprint density at radius 2 is 2.20 bits per heavy atom. The van der Waals surface area contributed by atoms with Gasteiger partial charge in [-0.25, -0.2) is 4.79 Å². The van der Waals surface area contributed by atoms with Gasteiger partial charge in [0, 0.05) is 22.2 Å². The van der Waals surface area contributed by atoms with Crippen LogP contribution in [0.1, 0.15) is 15.2 Å². The van der Waals surface area contributed by atoms with Crippen LogP contribution in [0.3, 0.4) is 0 Å². The summed E-state index contributed by atoms with van der Waals surface area (Å²) in [5.74, 6) is 0.107. The fraction of sp³-hybridized carbons (Fsp3) is 0.214. The zero-order chi connectivity index (χ0) is 14.3. The first-order valence-corrected chi connectivity index (χ1v) is 8.28. The molecule has 2 heterocycles. The van der Waals surface area contributed by atoms with Crippen LogP contribution in [0, 0.1) is 6.92 Å². The minimum Gasteiger partial charge on any atom is -0.477 e. The number of thioether (sulfide) groups is 1. The van der Waals surface area contributed by atoms with Crippen molar-refractivity contribution in [2.75, 3.05) is 17.2 Å². The van der Waals surface area contributed by atoms with E-state index in [0.29, 0.717) is 9.90 Å². The highest BCUT2D eigenvalue weighted by atomic mass is 35.5. The van der Waals surface area contributed by atoms with E-state index in [0.717, 1.165) is 28.5 Å². The molecule has 0 saturated carbocycles. The molecule has 0 unspecified atom stereocenters. The summed E-state index contributed by atoms with van der Waals surface area (Å²) in [5.41, 5.74) is 2.06. The highest BCUT2D eigenvalue weighted by Gasteiger charge is 2.23. The van der Waals surface area contributed by atoms with E-state index in [-0.39, 0.29) is 0 Å². The maximum absolute atomic E-state index is 11.1. The molecule has 3 nitrogen and oxygen atoms in total. The zero-order valence-corrected chi connectivity index (χ0v) is 13.1. The summed E-state index contributed by atoms with van der Waals surface area (Å²) in [6, 6.07) is 7.59. The number of aromatic carboxylic acids is 1. The van der Waals surface area contributed by atoms with E-state index < -0.39 is 5.97 Å². The van der Waals surface area contributed by atoms with E-state index in [2.05, 4.69) is 4.90 Å². The summed E-state index contributed by atoms with van der Waals surface area (Å²) in [4.78, 5) is 14.8. The molecule has 1 N–H and O–H groups in total. The summed E-state index contributed by atoms with van der Waals surface area (Å²) >= 11 is 9.22. The summed E-state index contributed by atoms with van der Waals surface area (Å²) < 4.78 is 0. The number of nitrogens with zero attached hydrogens (tertiary/aromatic N) is 1. The molecule has 1 aromatic heterocycles. The molecule has 104 valence electrons. The number of thiophene rings is 1. The van der Waals surface area contributed by atoms with Crippen LogP contribution in [0.15, 0.2) is 29.2 Å². The van der Waals surface area contributed by atoms with Gasteiger partial charge in [-0.2, -0.15) is 0 Å². The lowest BCUT2D eigenvalue weighted by atomic mass is 10.2. The Bertz CT molecular complexity index is 684. The molecule has 0 fully saturated rings. The largest absolute Gasteiger partial charge is 0.477 e. The third-order valence-electron chi connectivity index (χ3n) is 3.13. The van der Waals surface area contributed by atoms with Crippen molar-refractivity contribution in [3.8, 4) is 0 Å². The number of carbonyl (C=O) groups is 1. The molecule has 0 radical (unpaired) electrons. The number of benzene rings is 1. The van der Waals surface area contributed by atoms with Gasteiger partial charge in [0.2, 0.25) is 0 Å². The lowest BCUT2D eigenvalue weighted by molar-refractivity contribution is 0.0702. The van der Waals surface area contributed by atoms with Crippen molar-refractivity contribution in [3.05, 3.63) is 39.7 Å². The summed E-state index contributed by atoms with van der Waals surface area (Å²) in [5, 5.41) is 10.8. The third kappa shape index (κ3) is 2.41. The normalized spacial score (nSPS) is 14.2. The third-order valence-corrected chi connectivity index (χ3v) is 5.66. The van der Waals surface area contributed by atoms with Crippen LogP contribution in [0.2, 0.25) is 5.02 Å². The highest BCUT2D eigenvalue weighted by Crippen LogP contribution is 2.43. The van der Waals surface area contributed by atoms with Gasteiger partial charge in [-0.1, -0.05) is 11.6 Å². The minimum atomic E-state index is -0.873. The lowest BCUT2D eigenvalue weighted by Crippen LogP contribution is -2.23. The molecule has 2 aromatic rings. The number of carboxylic acids is 1. The smallest absolute Gasteiger partial charge is 0.345 e. The van der Waals surface area contributed by atoms with Crippen molar-refractivity contribution in [1.29, 1.82) is 0 Å². The number of rotatable bonds is 2. The molecule has 0 aliphatic carbocycles. The molecule has 1 aliphatic heterocycles. The molecule has 6 heteroatoms. The standard InChI is InChI=1S/C14H12ClNO2S2/c1-8-6-12(14(17)18)20-13(8)16-4-5-19-11-3-2-9(15)7-10(11)16/h2-3,6-7H,4-5H2,1H3,(H,17,18). The van der Waals surface area contributed by atoms with E-state index in [1.54, 1.807) is 17.8 Å². The van der Waals surface area contributed by atoms with Gasteiger partial charge < -0.3 is 10.0 Å². The molecule has 0 spiro atoms. The maximum atomic E-state index is 11.1. The van der Waals surface area contributed by atoms with E-state index in [4.69, 9.17) is 16.7 Å². The average molecular weight is 326 g/mol. The molecule has 1 aromatic carbocycles. The van der Waals surface area contributed by atoms with Crippen LogP contribution in [0.5, 0.6) is 0 Å². The van der Waals surface area contributed by atoms with Crippen LogP contribution >= 0.6 is 34.7 Å². The van der Waals surface area contributed by atoms with Crippen LogP contribution < -0.4 is 4.90 Å². The number of aryl methyl sites for hydroxylation is 1. The van der Waals surface area contributed by atoms with Gasteiger partial charge in [0.05, 0.1) is 10.7 Å². The predicted molar refractivity (Wildman–Crippen MR) is 85.2 cm³/mol. The van der Waals surface area contributed by atoms with Crippen molar-refractivity contribution >= 4 is 51.4 Å². The first kappa shape index (κ1) is 13.8. The first-order chi connectivity index (χ1) is 9.56. The molecule has 0 amide bonds. The van der Waals surface area contributed by atoms with Gasteiger partial charge >= 0.3 is 5.97 Å². The number of halogens is 1. The van der Waals surface area contributed by atoms with Gasteiger partial charge in [-0.05, 0) is 36.8 Å². The highest BCUT2D eigenvalue weighted by molar-refractivity contribution is 7.99. The van der Waals surface area contributed by atoms with Crippen LogP contribution in [0.4, 0.5) is 10.7 Å². The predicted octanol–water partition coefficient (Wildman–Crippen LogP) is 4.65. The quantitative estimate of drug-likeness (QED) is 0.872. The van der Waals surface area contributed by atoms with Crippen molar-refractivity contribution < 1.29 is 9.90 Å². The van der Waals surface area contributed by atoms with Crippen molar-refractivity contribution in [1.82, 2.24) is 0 Å². The molecular weight excluding hydrogens is 314 g/mol. The SMILES string of the molecule is Cc1cc(C(=O)O)sc1N1CCSc2ccc(Cl)cc21. The summed E-state index contributed by atoms with van der Waals surface area (Å²) in [6.45, 7) is 2.81. The Morgan fingerprint density at radius 3 is 2.90 bits per heavy atom. The Morgan fingerprint density at radius 1 is 1.40 bits per heavy atom. The van der Waals surface area contributed by atoms with Crippen LogP contribution in [0.25, 0.3) is 0 Å². The second-order valence-corrected chi connectivity index (χ2v) is 7.12. The molecule has 20 heavy (non-hydrogen) atoms. The molecule has 0 bridgehead atoms. The molecular formula is C14H12ClNO2S2. The zero-order valence-electron chi connectivity index (χ0n) is 10.7. The molecule has 1 aliphatic rings. The molecule has 0 saturated heterocycles. The van der Waals surface area contributed by atoms with Gasteiger partial charge in [0.15, 0.2) is 0 Å². The second kappa shape index (κ2) is 5.31. The van der Waals surface area contributed by atoms with Gasteiger partial charge in [0.25, 0.3) is 0 Å². The first-order valence-electron chi connectivity index (χ1n) is 6.10. The fourth-order valence-electron chi connectivity index (χ4n) is 2.25. The average Bonchev–Trinajstić information content (AvgIpc) is 2.80. The number of hydrogen-bond donors (Lipinski definition) is 1. The molecule has 3 rings (SSSR count). The van der Waals surface area contributed by atoms with E-state index >= 15 is 0 Å².